The van der Waals surface area contributed by atoms with Gasteiger partial charge in [-0.05, 0) is 24.1 Å². The molecule has 110 valence electrons. The van der Waals surface area contributed by atoms with Crippen LogP contribution in [0.1, 0.15) is 13.8 Å². The van der Waals surface area contributed by atoms with E-state index in [1.807, 2.05) is 13.8 Å². The highest BCUT2D eigenvalue weighted by molar-refractivity contribution is 6.42. The maximum Gasteiger partial charge on any atom is 0.323 e. The van der Waals surface area contributed by atoms with Crippen molar-refractivity contribution in [1.82, 2.24) is 4.90 Å². The van der Waals surface area contributed by atoms with Gasteiger partial charge >= 0.3 is 12.0 Å². The quantitative estimate of drug-likeness (QED) is 0.872. The summed E-state index contributed by atoms with van der Waals surface area (Å²) >= 11 is 11.6. The first-order valence-electron chi connectivity index (χ1n) is 6.02. The van der Waals surface area contributed by atoms with Gasteiger partial charge in [0.2, 0.25) is 0 Å². The largest absolute Gasteiger partial charge is 0.480 e. The minimum atomic E-state index is -1.06. The normalized spacial score (nSPS) is 10.4. The Morgan fingerprint density at radius 2 is 1.95 bits per heavy atom. The maximum absolute atomic E-state index is 12.1. The molecule has 0 radical (unpaired) electrons. The van der Waals surface area contributed by atoms with Crippen LogP contribution in [0.5, 0.6) is 0 Å². The molecule has 0 unspecified atom stereocenters. The molecule has 0 aliphatic carbocycles. The van der Waals surface area contributed by atoms with Gasteiger partial charge in [-0.3, -0.25) is 4.79 Å². The van der Waals surface area contributed by atoms with Crippen molar-refractivity contribution in [3.05, 3.63) is 28.2 Å². The molecule has 2 amide bonds. The van der Waals surface area contributed by atoms with Crippen molar-refractivity contribution in [2.45, 2.75) is 13.8 Å². The molecule has 0 fully saturated rings. The third-order valence-corrected chi connectivity index (χ3v) is 3.11. The summed E-state index contributed by atoms with van der Waals surface area (Å²) in [5.41, 5.74) is 0.462. The van der Waals surface area contributed by atoms with Crippen LogP contribution in [0.4, 0.5) is 10.5 Å². The van der Waals surface area contributed by atoms with Crippen LogP contribution in [0.25, 0.3) is 0 Å². The molecule has 0 heterocycles. The molecular weight excluding hydrogens is 303 g/mol. The van der Waals surface area contributed by atoms with E-state index in [1.54, 1.807) is 12.1 Å². The lowest BCUT2D eigenvalue weighted by Crippen LogP contribution is -2.40. The molecule has 20 heavy (non-hydrogen) atoms. The van der Waals surface area contributed by atoms with Crippen molar-refractivity contribution in [3.8, 4) is 0 Å². The highest BCUT2D eigenvalue weighted by Crippen LogP contribution is 2.25. The zero-order valence-electron chi connectivity index (χ0n) is 11.2. The van der Waals surface area contributed by atoms with Gasteiger partial charge < -0.3 is 15.3 Å². The fourth-order valence-corrected chi connectivity index (χ4v) is 1.90. The number of halogens is 2. The molecule has 0 bridgehead atoms. The molecule has 0 saturated heterocycles. The van der Waals surface area contributed by atoms with Crippen LogP contribution in [-0.2, 0) is 4.79 Å². The molecular formula is C13H16Cl2N2O3. The second-order valence-corrected chi connectivity index (χ2v) is 5.54. The average Bonchev–Trinajstić information content (AvgIpc) is 2.32. The van der Waals surface area contributed by atoms with Gasteiger partial charge in [-0.1, -0.05) is 37.0 Å². The number of anilines is 1. The highest BCUT2D eigenvalue weighted by atomic mass is 35.5. The van der Waals surface area contributed by atoms with E-state index in [0.29, 0.717) is 22.3 Å². The lowest BCUT2D eigenvalue weighted by molar-refractivity contribution is -0.137. The molecule has 0 saturated carbocycles. The van der Waals surface area contributed by atoms with Gasteiger partial charge in [0.25, 0.3) is 0 Å². The Labute approximate surface area is 127 Å². The molecule has 0 aliphatic heterocycles. The molecule has 5 nitrogen and oxygen atoms in total. The van der Waals surface area contributed by atoms with E-state index < -0.39 is 12.0 Å². The van der Waals surface area contributed by atoms with Gasteiger partial charge in [-0.2, -0.15) is 0 Å². The predicted molar refractivity (Wildman–Crippen MR) is 79.5 cm³/mol. The number of nitrogens with one attached hydrogen (secondary N) is 1. The molecule has 1 aromatic carbocycles. The van der Waals surface area contributed by atoms with Crippen molar-refractivity contribution in [2.75, 3.05) is 18.4 Å². The maximum atomic E-state index is 12.1. The van der Waals surface area contributed by atoms with Crippen LogP contribution in [0.3, 0.4) is 0 Å². The highest BCUT2D eigenvalue weighted by Gasteiger charge is 2.18. The third kappa shape index (κ3) is 5.27. The van der Waals surface area contributed by atoms with E-state index in [2.05, 4.69) is 5.32 Å². The summed E-state index contributed by atoms with van der Waals surface area (Å²) in [5.74, 6) is -0.899. The van der Waals surface area contributed by atoms with Crippen molar-refractivity contribution in [3.63, 3.8) is 0 Å². The molecule has 1 aromatic rings. The molecule has 7 heteroatoms. The number of benzene rings is 1. The SMILES string of the molecule is CC(C)CN(CC(=O)O)C(=O)Nc1ccc(Cl)c(Cl)c1. The molecule has 0 spiro atoms. The number of rotatable bonds is 5. The topological polar surface area (TPSA) is 69.6 Å². The van der Waals surface area contributed by atoms with E-state index in [1.165, 1.54) is 11.0 Å². The van der Waals surface area contributed by atoms with E-state index in [-0.39, 0.29) is 12.5 Å². The second-order valence-electron chi connectivity index (χ2n) is 4.73. The first-order valence-corrected chi connectivity index (χ1v) is 6.78. The summed E-state index contributed by atoms with van der Waals surface area (Å²) in [4.78, 5) is 24.1. The van der Waals surface area contributed by atoms with Crippen LogP contribution < -0.4 is 5.32 Å². The van der Waals surface area contributed by atoms with E-state index >= 15 is 0 Å². The Balaban J connectivity index is 2.78. The zero-order chi connectivity index (χ0) is 15.3. The number of urea groups is 1. The van der Waals surface area contributed by atoms with Gasteiger partial charge in [0.1, 0.15) is 6.54 Å². The number of carboxylic acid groups (broad SMARTS) is 1. The summed E-state index contributed by atoms with van der Waals surface area (Å²) in [6, 6.07) is 4.18. The zero-order valence-corrected chi connectivity index (χ0v) is 12.7. The Morgan fingerprint density at radius 3 is 2.45 bits per heavy atom. The lowest BCUT2D eigenvalue weighted by atomic mass is 10.2. The van der Waals surface area contributed by atoms with Crippen LogP contribution in [0.2, 0.25) is 10.0 Å². The first-order chi connectivity index (χ1) is 9.29. The Morgan fingerprint density at radius 1 is 1.30 bits per heavy atom. The van der Waals surface area contributed by atoms with Crippen LogP contribution >= 0.6 is 23.2 Å². The first kappa shape index (κ1) is 16.6. The number of hydrogen-bond acceptors (Lipinski definition) is 2. The molecule has 0 atom stereocenters. The minimum absolute atomic E-state index is 0.161. The summed E-state index contributed by atoms with van der Waals surface area (Å²) < 4.78 is 0. The monoisotopic (exact) mass is 318 g/mol. The van der Waals surface area contributed by atoms with Crippen molar-refractivity contribution >= 4 is 40.9 Å². The second kappa shape index (κ2) is 7.36. The number of hydrogen-bond donors (Lipinski definition) is 2. The number of carboxylic acids is 1. The predicted octanol–water partition coefficient (Wildman–Crippen LogP) is 3.57. The number of nitrogens with zero attached hydrogens (tertiary/aromatic N) is 1. The molecule has 0 aliphatic rings. The Kier molecular flexibility index (Phi) is 6.10. The minimum Gasteiger partial charge on any atom is -0.480 e. The van der Waals surface area contributed by atoms with Crippen molar-refractivity contribution in [1.29, 1.82) is 0 Å². The average molecular weight is 319 g/mol. The fraction of sp³-hybridized carbons (Fsp3) is 0.385. The van der Waals surface area contributed by atoms with E-state index in [4.69, 9.17) is 28.3 Å². The van der Waals surface area contributed by atoms with Gasteiger partial charge in [0.15, 0.2) is 0 Å². The Hall–Kier alpha value is -1.46. The van der Waals surface area contributed by atoms with Crippen LogP contribution in [-0.4, -0.2) is 35.1 Å². The summed E-state index contributed by atoms with van der Waals surface area (Å²) in [7, 11) is 0. The van der Waals surface area contributed by atoms with E-state index in [0.717, 1.165) is 0 Å². The Bertz CT molecular complexity index is 506. The smallest absolute Gasteiger partial charge is 0.323 e. The molecule has 1 rings (SSSR count). The van der Waals surface area contributed by atoms with Gasteiger partial charge in [0.05, 0.1) is 10.0 Å². The van der Waals surface area contributed by atoms with E-state index in [9.17, 15) is 9.59 Å². The fourth-order valence-electron chi connectivity index (χ4n) is 1.60. The van der Waals surface area contributed by atoms with Crippen LogP contribution in [0, 0.1) is 5.92 Å². The van der Waals surface area contributed by atoms with Gasteiger partial charge in [0, 0.05) is 12.2 Å². The summed E-state index contributed by atoms with van der Waals surface area (Å²) in [6.45, 7) is 3.80. The number of carbonyl (C=O) groups excluding carboxylic acids is 1. The number of carbonyl (C=O) groups is 2. The van der Waals surface area contributed by atoms with Gasteiger partial charge in [-0.25, -0.2) is 4.79 Å². The standard InChI is InChI=1S/C13H16Cl2N2O3/c1-8(2)6-17(7-12(18)19)13(20)16-9-3-4-10(14)11(15)5-9/h3-5,8H,6-7H2,1-2H3,(H,16,20)(H,18,19). The van der Waals surface area contributed by atoms with Gasteiger partial charge in [-0.15, -0.1) is 0 Å². The third-order valence-electron chi connectivity index (χ3n) is 2.37. The summed E-state index contributed by atoms with van der Waals surface area (Å²) in [6.07, 6.45) is 0. The molecule has 0 aromatic heterocycles. The summed E-state index contributed by atoms with van der Waals surface area (Å²) in [5, 5.41) is 12.1. The number of amides is 2. The lowest BCUT2D eigenvalue weighted by Gasteiger charge is -2.23. The van der Waals surface area contributed by atoms with Crippen molar-refractivity contribution in [2.24, 2.45) is 5.92 Å². The number of aliphatic carboxylic acids is 1. The van der Waals surface area contributed by atoms with Crippen molar-refractivity contribution < 1.29 is 14.7 Å². The molecule has 2 N–H and O–H groups in total. The van der Waals surface area contributed by atoms with Crippen LogP contribution in [0.15, 0.2) is 18.2 Å².